The molecule has 0 fully saturated rings. The van der Waals surface area contributed by atoms with Crippen molar-refractivity contribution >= 4 is 17.7 Å². The Morgan fingerprint density at radius 2 is 2.15 bits per heavy atom. The Kier molecular flexibility index (Phi) is 6.12. The van der Waals surface area contributed by atoms with E-state index in [2.05, 4.69) is 31.0 Å². The van der Waals surface area contributed by atoms with Crippen LogP contribution in [-0.4, -0.2) is 30.0 Å². The predicted molar refractivity (Wildman–Crippen MR) is 87.0 cm³/mol. The number of carbonyl (C=O) groups excluding carboxylic acids is 1. The van der Waals surface area contributed by atoms with Crippen molar-refractivity contribution < 1.29 is 4.79 Å². The van der Waals surface area contributed by atoms with Crippen LogP contribution in [0.1, 0.15) is 35.3 Å². The molecule has 0 saturated heterocycles. The van der Waals surface area contributed by atoms with E-state index in [1.807, 2.05) is 31.4 Å². The molecule has 0 bridgehead atoms. The van der Waals surface area contributed by atoms with Crippen LogP contribution in [0.25, 0.3) is 0 Å². The molecule has 0 aliphatic heterocycles. The van der Waals surface area contributed by atoms with E-state index in [4.69, 9.17) is 5.73 Å². The second-order valence-electron chi connectivity index (χ2n) is 5.18. The lowest BCUT2D eigenvalue weighted by atomic mass is 10.0. The van der Waals surface area contributed by atoms with Gasteiger partial charge in [-0.25, -0.2) is 0 Å². The van der Waals surface area contributed by atoms with Crippen LogP contribution in [0.5, 0.6) is 0 Å². The zero-order valence-electron chi connectivity index (χ0n) is 12.5. The average Bonchev–Trinajstić information content (AvgIpc) is 2.44. The van der Waals surface area contributed by atoms with Crippen LogP contribution in [0.3, 0.4) is 0 Å². The second-order valence-corrected chi connectivity index (χ2v) is 6.70. The summed E-state index contributed by atoms with van der Waals surface area (Å²) < 4.78 is 0.0283. The van der Waals surface area contributed by atoms with E-state index in [0.29, 0.717) is 18.7 Å². The molecular formula is C16H22N2OS. The number of hydrogen-bond donors (Lipinski definition) is 2. The molecule has 0 heterocycles. The Balaban J connectivity index is 2.87. The molecule has 0 radical (unpaired) electrons. The van der Waals surface area contributed by atoms with Gasteiger partial charge >= 0.3 is 0 Å². The van der Waals surface area contributed by atoms with E-state index in [9.17, 15) is 4.79 Å². The Morgan fingerprint density at radius 3 is 2.75 bits per heavy atom. The van der Waals surface area contributed by atoms with Crippen molar-refractivity contribution in [2.45, 2.75) is 25.5 Å². The molecule has 3 N–H and O–H groups in total. The molecule has 1 aromatic rings. The molecule has 1 amide bonds. The van der Waals surface area contributed by atoms with E-state index in [-0.39, 0.29) is 10.7 Å². The molecule has 0 aliphatic carbocycles. The molecule has 1 aromatic carbocycles. The summed E-state index contributed by atoms with van der Waals surface area (Å²) in [6.45, 7) is 7.08. The third-order valence-corrected chi connectivity index (χ3v) is 4.29. The quantitative estimate of drug-likeness (QED) is 0.836. The van der Waals surface area contributed by atoms with Crippen LogP contribution in [0.2, 0.25) is 0 Å². The predicted octanol–water partition coefficient (Wildman–Crippen LogP) is 2.18. The zero-order chi connectivity index (χ0) is 15.2. The summed E-state index contributed by atoms with van der Waals surface area (Å²) in [6.07, 6.45) is 2.04. The highest BCUT2D eigenvalue weighted by atomic mass is 32.2. The number of nitrogens with one attached hydrogen (secondary N) is 1. The average molecular weight is 290 g/mol. The van der Waals surface area contributed by atoms with Crippen molar-refractivity contribution in [3.8, 4) is 11.8 Å². The number of nitrogens with two attached hydrogens (primary N) is 1. The molecule has 3 nitrogen and oxygen atoms in total. The highest BCUT2D eigenvalue weighted by molar-refractivity contribution is 7.99. The first-order valence-corrected chi connectivity index (χ1v) is 7.75. The molecule has 0 saturated carbocycles. The highest BCUT2D eigenvalue weighted by Gasteiger charge is 2.18. The molecule has 4 heteroatoms. The number of amides is 1. The van der Waals surface area contributed by atoms with Crippen molar-refractivity contribution in [1.29, 1.82) is 0 Å². The van der Waals surface area contributed by atoms with Gasteiger partial charge in [-0.05, 0) is 44.7 Å². The van der Waals surface area contributed by atoms with E-state index in [1.165, 1.54) is 0 Å². The SMILES string of the molecule is CSC(C)(C)CNC(=O)c1cc(C#CCN)ccc1C. The number of rotatable bonds is 4. The Morgan fingerprint density at radius 1 is 1.45 bits per heavy atom. The van der Waals surface area contributed by atoms with Gasteiger partial charge in [-0.15, -0.1) is 0 Å². The first-order chi connectivity index (χ1) is 9.39. The summed E-state index contributed by atoms with van der Waals surface area (Å²) in [7, 11) is 0. The van der Waals surface area contributed by atoms with E-state index in [0.717, 1.165) is 11.1 Å². The molecule has 0 aliphatic rings. The first-order valence-electron chi connectivity index (χ1n) is 6.52. The minimum atomic E-state index is -0.0546. The first kappa shape index (κ1) is 16.6. The fraction of sp³-hybridized carbons (Fsp3) is 0.438. The maximum Gasteiger partial charge on any atom is 0.251 e. The molecule has 0 aromatic heterocycles. The number of aryl methyl sites for hydroxylation is 1. The van der Waals surface area contributed by atoms with Crippen LogP contribution in [-0.2, 0) is 0 Å². The van der Waals surface area contributed by atoms with Gasteiger partial charge in [0.2, 0.25) is 0 Å². The Labute approximate surface area is 125 Å². The van der Waals surface area contributed by atoms with Crippen LogP contribution in [0.4, 0.5) is 0 Å². The van der Waals surface area contributed by atoms with Gasteiger partial charge in [0.25, 0.3) is 5.91 Å². The van der Waals surface area contributed by atoms with Gasteiger partial charge < -0.3 is 11.1 Å². The maximum absolute atomic E-state index is 12.3. The Hall–Kier alpha value is -1.44. The van der Waals surface area contributed by atoms with Crippen LogP contribution >= 0.6 is 11.8 Å². The molecule has 0 atom stereocenters. The van der Waals surface area contributed by atoms with Crippen molar-refractivity contribution in [3.05, 3.63) is 34.9 Å². The molecule has 0 unspecified atom stereocenters. The minimum absolute atomic E-state index is 0.0283. The molecular weight excluding hydrogens is 268 g/mol. The third kappa shape index (κ3) is 4.92. The standard InChI is InChI=1S/C16H22N2OS/c1-12-7-8-13(6-5-9-17)10-14(12)15(19)18-11-16(2,3)20-4/h7-8,10H,9,11,17H2,1-4H3,(H,18,19). The maximum atomic E-state index is 12.3. The normalized spacial score (nSPS) is 10.7. The summed E-state index contributed by atoms with van der Waals surface area (Å²) >= 11 is 1.73. The van der Waals surface area contributed by atoms with Crippen molar-refractivity contribution in [1.82, 2.24) is 5.32 Å². The molecule has 1 rings (SSSR count). The zero-order valence-corrected chi connectivity index (χ0v) is 13.4. The van der Waals surface area contributed by atoms with Gasteiger partial charge in [-0.1, -0.05) is 17.9 Å². The van der Waals surface area contributed by atoms with E-state index in [1.54, 1.807) is 11.8 Å². The number of carbonyl (C=O) groups is 1. The fourth-order valence-electron chi connectivity index (χ4n) is 1.56. The lowest BCUT2D eigenvalue weighted by Gasteiger charge is -2.22. The van der Waals surface area contributed by atoms with Gasteiger partial charge in [0.15, 0.2) is 0 Å². The molecule has 108 valence electrons. The third-order valence-electron chi connectivity index (χ3n) is 3.04. The van der Waals surface area contributed by atoms with Crippen LogP contribution in [0, 0.1) is 18.8 Å². The number of hydrogen-bond acceptors (Lipinski definition) is 3. The Bertz CT molecular complexity index is 541. The second kappa shape index (κ2) is 7.37. The van der Waals surface area contributed by atoms with Gasteiger partial charge in [-0.2, -0.15) is 11.8 Å². The van der Waals surface area contributed by atoms with Gasteiger partial charge in [0.1, 0.15) is 0 Å². The lowest BCUT2D eigenvalue weighted by molar-refractivity contribution is 0.0950. The number of thioether (sulfide) groups is 1. The fourth-order valence-corrected chi connectivity index (χ4v) is 1.77. The van der Waals surface area contributed by atoms with Gasteiger partial charge in [0, 0.05) is 22.4 Å². The van der Waals surface area contributed by atoms with Gasteiger partial charge in [0.05, 0.1) is 6.54 Å². The topological polar surface area (TPSA) is 55.1 Å². The van der Waals surface area contributed by atoms with Crippen molar-refractivity contribution in [2.75, 3.05) is 19.3 Å². The summed E-state index contributed by atoms with van der Waals surface area (Å²) in [6, 6.07) is 5.63. The monoisotopic (exact) mass is 290 g/mol. The van der Waals surface area contributed by atoms with Crippen LogP contribution in [0.15, 0.2) is 18.2 Å². The van der Waals surface area contributed by atoms with E-state index >= 15 is 0 Å². The molecule has 0 spiro atoms. The summed E-state index contributed by atoms with van der Waals surface area (Å²) in [5, 5.41) is 2.98. The highest BCUT2D eigenvalue weighted by Crippen LogP contribution is 2.20. The summed E-state index contributed by atoms with van der Waals surface area (Å²) in [5.41, 5.74) is 7.79. The minimum Gasteiger partial charge on any atom is -0.351 e. The lowest BCUT2D eigenvalue weighted by Crippen LogP contribution is -2.36. The van der Waals surface area contributed by atoms with Crippen molar-refractivity contribution in [3.63, 3.8) is 0 Å². The summed E-state index contributed by atoms with van der Waals surface area (Å²) in [5.74, 6) is 5.69. The van der Waals surface area contributed by atoms with Gasteiger partial charge in [-0.3, -0.25) is 4.79 Å². The van der Waals surface area contributed by atoms with Crippen molar-refractivity contribution in [2.24, 2.45) is 5.73 Å². The van der Waals surface area contributed by atoms with E-state index < -0.39 is 0 Å². The molecule has 20 heavy (non-hydrogen) atoms. The largest absolute Gasteiger partial charge is 0.351 e. The summed E-state index contributed by atoms with van der Waals surface area (Å²) in [4.78, 5) is 12.3. The number of benzene rings is 1. The van der Waals surface area contributed by atoms with Crippen LogP contribution < -0.4 is 11.1 Å². The smallest absolute Gasteiger partial charge is 0.251 e.